The summed E-state index contributed by atoms with van der Waals surface area (Å²) < 4.78 is 13.2. The number of aliphatic hydroxyl groups excluding tert-OH is 1. The number of aliphatic hydroxyl groups is 1. The topological polar surface area (TPSA) is 102 Å². The molecule has 0 aliphatic carbocycles. The molecular weight excluding hydrogens is 434 g/mol. The van der Waals surface area contributed by atoms with Gasteiger partial charge in [0.05, 0.1) is 32.1 Å². The van der Waals surface area contributed by atoms with E-state index < -0.39 is 0 Å². The number of amides is 1. The van der Waals surface area contributed by atoms with Crippen LogP contribution >= 0.6 is 0 Å². The molecule has 0 bridgehead atoms. The number of carbonyl (C=O) groups is 1. The monoisotopic (exact) mass is 471 g/mol. The van der Waals surface area contributed by atoms with Crippen molar-refractivity contribution in [1.29, 1.82) is 0 Å². The Kier molecular flexibility index (Phi) is 8.90. The van der Waals surface area contributed by atoms with E-state index in [2.05, 4.69) is 20.5 Å². The summed E-state index contributed by atoms with van der Waals surface area (Å²) in [6.45, 7) is 3.57. The molecule has 3 heterocycles. The number of piperidine rings is 1. The van der Waals surface area contributed by atoms with Crippen LogP contribution in [0.2, 0.25) is 0 Å². The minimum absolute atomic E-state index is 0.0206. The maximum atomic E-state index is 12.5. The van der Waals surface area contributed by atoms with E-state index in [9.17, 15) is 9.90 Å². The Morgan fingerprint density at radius 3 is 2.71 bits per heavy atom. The molecule has 4 rings (SSSR count). The van der Waals surface area contributed by atoms with E-state index in [1.807, 2.05) is 35.1 Å². The third kappa shape index (κ3) is 6.77. The number of benzene rings is 1. The number of hydrogen-bond donors (Lipinski definition) is 2. The van der Waals surface area contributed by atoms with Gasteiger partial charge in [0.1, 0.15) is 17.5 Å². The maximum Gasteiger partial charge on any atom is 0.221 e. The van der Waals surface area contributed by atoms with Crippen molar-refractivity contribution in [3.05, 3.63) is 30.5 Å². The first kappa shape index (κ1) is 24.6. The minimum Gasteiger partial charge on any atom is -0.497 e. The fraction of sp³-hybridized carbons (Fsp3) is 0.640. The largest absolute Gasteiger partial charge is 0.497 e. The van der Waals surface area contributed by atoms with Crippen molar-refractivity contribution in [2.75, 3.05) is 33.4 Å². The number of aromatic nitrogens is 3. The maximum absolute atomic E-state index is 12.5. The molecule has 9 nitrogen and oxygen atoms in total. The molecule has 0 spiro atoms. The van der Waals surface area contributed by atoms with Gasteiger partial charge >= 0.3 is 0 Å². The van der Waals surface area contributed by atoms with E-state index in [1.54, 1.807) is 7.11 Å². The smallest absolute Gasteiger partial charge is 0.221 e. The highest BCUT2D eigenvalue weighted by atomic mass is 16.5. The predicted octanol–water partition coefficient (Wildman–Crippen LogP) is 2.24. The molecule has 0 saturated carbocycles. The third-order valence-corrected chi connectivity index (χ3v) is 6.85. The van der Waals surface area contributed by atoms with Crippen LogP contribution in [0.5, 0.6) is 5.75 Å². The molecule has 0 radical (unpaired) electrons. The lowest BCUT2D eigenvalue weighted by Gasteiger charge is -2.36. The van der Waals surface area contributed by atoms with Crippen molar-refractivity contribution >= 4 is 5.91 Å². The number of nitrogens with one attached hydrogen (secondary N) is 1. The lowest BCUT2D eigenvalue weighted by molar-refractivity contribution is -0.129. The number of rotatable bonds is 10. The highest BCUT2D eigenvalue weighted by molar-refractivity contribution is 5.76. The van der Waals surface area contributed by atoms with Crippen LogP contribution < -0.4 is 10.1 Å². The average Bonchev–Trinajstić information content (AvgIpc) is 3.36. The highest BCUT2D eigenvalue weighted by Gasteiger charge is 2.31. The predicted molar refractivity (Wildman–Crippen MR) is 128 cm³/mol. The molecule has 34 heavy (non-hydrogen) atoms. The molecule has 0 unspecified atom stereocenters. The lowest BCUT2D eigenvalue weighted by atomic mass is 9.97. The van der Waals surface area contributed by atoms with E-state index in [4.69, 9.17) is 9.47 Å². The molecule has 2 fully saturated rings. The van der Waals surface area contributed by atoms with Crippen LogP contribution in [0.15, 0.2) is 30.5 Å². The summed E-state index contributed by atoms with van der Waals surface area (Å²) in [6.07, 6.45) is 8.25. The summed E-state index contributed by atoms with van der Waals surface area (Å²) in [5.74, 6) is 0.852. The number of hydrogen-bond acceptors (Lipinski definition) is 7. The van der Waals surface area contributed by atoms with Gasteiger partial charge in [-0.2, -0.15) is 0 Å². The standard InChI is InChI=1S/C25H37N5O4/c1-33-20-7-5-19(6-8-20)23-17-30(28-27-23)16-11-21-9-10-22(24(18-31)34-21)26-25(32)12-15-29-13-3-2-4-14-29/h5-8,17,21-22,24,31H,2-4,9-16,18H2,1H3,(H,26,32)/t21-,22-,24+/m0/s1. The highest BCUT2D eigenvalue weighted by Crippen LogP contribution is 2.24. The Bertz CT molecular complexity index is 897. The van der Waals surface area contributed by atoms with Crippen molar-refractivity contribution in [2.45, 2.75) is 69.7 Å². The Morgan fingerprint density at radius 1 is 1.18 bits per heavy atom. The van der Waals surface area contributed by atoms with Crippen LogP contribution in [0.25, 0.3) is 11.3 Å². The summed E-state index contributed by atoms with van der Waals surface area (Å²) >= 11 is 0. The Balaban J connectivity index is 1.21. The van der Waals surface area contributed by atoms with Gasteiger partial charge in [0.25, 0.3) is 0 Å². The number of carbonyl (C=O) groups excluding carboxylic acids is 1. The SMILES string of the molecule is COc1ccc(-c2cn(CC[C@@H]3CC[C@H](NC(=O)CCN4CCCCC4)[C@@H](CO)O3)nn2)cc1. The zero-order valence-corrected chi connectivity index (χ0v) is 20.1. The second-order valence-electron chi connectivity index (χ2n) is 9.27. The average molecular weight is 472 g/mol. The van der Waals surface area contributed by atoms with E-state index in [1.165, 1.54) is 19.3 Å². The molecule has 1 amide bonds. The molecule has 9 heteroatoms. The first-order valence-corrected chi connectivity index (χ1v) is 12.5. The van der Waals surface area contributed by atoms with Crippen molar-refractivity contribution < 1.29 is 19.4 Å². The fourth-order valence-electron chi connectivity index (χ4n) is 4.81. The van der Waals surface area contributed by atoms with Crippen LogP contribution in [0.3, 0.4) is 0 Å². The summed E-state index contributed by atoms with van der Waals surface area (Å²) in [6, 6.07) is 7.60. The summed E-state index contributed by atoms with van der Waals surface area (Å²) in [5.41, 5.74) is 1.80. The first-order valence-electron chi connectivity index (χ1n) is 12.5. The van der Waals surface area contributed by atoms with Crippen LogP contribution in [-0.4, -0.2) is 82.5 Å². The van der Waals surface area contributed by atoms with Crippen LogP contribution in [0.1, 0.15) is 44.9 Å². The number of methoxy groups -OCH3 is 1. The van der Waals surface area contributed by atoms with Gasteiger partial charge in [0, 0.05) is 25.1 Å². The first-order chi connectivity index (χ1) is 16.6. The Hall–Kier alpha value is -2.49. The van der Waals surface area contributed by atoms with Gasteiger partial charge in [0.15, 0.2) is 0 Å². The summed E-state index contributed by atoms with van der Waals surface area (Å²) in [4.78, 5) is 14.8. The molecule has 1 aromatic heterocycles. The second-order valence-corrected chi connectivity index (χ2v) is 9.27. The molecule has 3 atom stereocenters. The van der Waals surface area contributed by atoms with Gasteiger partial charge in [-0.05, 0) is 69.5 Å². The molecular formula is C25H37N5O4. The summed E-state index contributed by atoms with van der Waals surface area (Å²) in [5, 5.41) is 21.5. The van der Waals surface area contributed by atoms with Gasteiger partial charge in [-0.15, -0.1) is 5.10 Å². The van der Waals surface area contributed by atoms with E-state index in [-0.39, 0.29) is 30.8 Å². The number of nitrogens with zero attached hydrogens (tertiary/aromatic N) is 4. The molecule has 2 aliphatic rings. The van der Waals surface area contributed by atoms with E-state index in [0.717, 1.165) is 55.9 Å². The van der Waals surface area contributed by atoms with Gasteiger partial charge in [-0.3, -0.25) is 9.48 Å². The number of aryl methyl sites for hydroxylation is 1. The van der Waals surface area contributed by atoms with Crippen molar-refractivity contribution in [1.82, 2.24) is 25.2 Å². The molecule has 1 aromatic carbocycles. The van der Waals surface area contributed by atoms with Crippen molar-refractivity contribution in [3.8, 4) is 17.0 Å². The van der Waals surface area contributed by atoms with Crippen molar-refractivity contribution in [2.24, 2.45) is 0 Å². The van der Waals surface area contributed by atoms with E-state index in [0.29, 0.717) is 13.0 Å². The van der Waals surface area contributed by atoms with E-state index >= 15 is 0 Å². The van der Waals surface area contributed by atoms with Gasteiger partial charge in [-0.25, -0.2) is 0 Å². The van der Waals surface area contributed by atoms with Gasteiger partial charge in [-0.1, -0.05) is 11.6 Å². The second kappa shape index (κ2) is 12.3. The number of ether oxygens (including phenoxy) is 2. The van der Waals surface area contributed by atoms with Crippen LogP contribution in [0, 0.1) is 0 Å². The van der Waals surface area contributed by atoms with Crippen LogP contribution in [0.4, 0.5) is 0 Å². The normalized spacial score (nSPS) is 23.5. The van der Waals surface area contributed by atoms with Gasteiger partial charge < -0.3 is 24.8 Å². The molecule has 2 N–H and O–H groups in total. The minimum atomic E-state index is -0.372. The van der Waals surface area contributed by atoms with Gasteiger partial charge in [0.2, 0.25) is 5.91 Å². The Morgan fingerprint density at radius 2 is 1.97 bits per heavy atom. The summed E-state index contributed by atoms with van der Waals surface area (Å²) in [7, 11) is 1.65. The lowest BCUT2D eigenvalue weighted by Crippen LogP contribution is -2.51. The third-order valence-electron chi connectivity index (χ3n) is 6.85. The molecule has 2 aromatic rings. The molecule has 2 aliphatic heterocycles. The zero-order chi connectivity index (χ0) is 23.8. The quantitative estimate of drug-likeness (QED) is 0.548. The molecule has 186 valence electrons. The zero-order valence-electron chi connectivity index (χ0n) is 20.1. The van der Waals surface area contributed by atoms with Crippen LogP contribution in [-0.2, 0) is 16.1 Å². The number of likely N-dealkylation sites (tertiary alicyclic amines) is 1. The Labute approximate surface area is 201 Å². The van der Waals surface area contributed by atoms with Crippen molar-refractivity contribution in [3.63, 3.8) is 0 Å². The fourth-order valence-corrected chi connectivity index (χ4v) is 4.81. The molecule has 2 saturated heterocycles.